The molecule has 4 heteroatoms. The zero-order valence-corrected chi connectivity index (χ0v) is 14.6. The van der Waals surface area contributed by atoms with Crippen molar-refractivity contribution in [3.8, 4) is 11.5 Å². The summed E-state index contributed by atoms with van der Waals surface area (Å²) in [5, 5.41) is 19.0. The van der Waals surface area contributed by atoms with Crippen molar-refractivity contribution in [2.24, 2.45) is 0 Å². The fourth-order valence-corrected chi connectivity index (χ4v) is 2.73. The van der Waals surface area contributed by atoms with E-state index in [0.29, 0.717) is 16.9 Å². The van der Waals surface area contributed by atoms with E-state index in [1.807, 2.05) is 43.3 Å². The highest BCUT2D eigenvalue weighted by Gasteiger charge is 2.10. The monoisotopic (exact) mass is 328 g/mol. The largest absolute Gasteiger partial charge is 0.496 e. The summed E-state index contributed by atoms with van der Waals surface area (Å²) in [7, 11) is 3.23. The molecule has 2 N–H and O–H groups in total. The van der Waals surface area contributed by atoms with Crippen LogP contribution in [0.15, 0.2) is 24.3 Å². The second kappa shape index (κ2) is 7.99. The van der Waals surface area contributed by atoms with E-state index in [2.05, 4.69) is 6.92 Å². The summed E-state index contributed by atoms with van der Waals surface area (Å²) in [5.74, 6) is 1.45. The molecule has 4 nitrogen and oxygen atoms in total. The van der Waals surface area contributed by atoms with Crippen LogP contribution in [0.5, 0.6) is 11.5 Å². The molecule has 0 heterocycles. The predicted octanol–water partition coefficient (Wildman–Crippen LogP) is 3.48. The molecular weight excluding hydrogens is 304 g/mol. The van der Waals surface area contributed by atoms with E-state index in [9.17, 15) is 10.2 Å². The van der Waals surface area contributed by atoms with Gasteiger partial charge in [-0.1, -0.05) is 18.2 Å². The van der Waals surface area contributed by atoms with E-state index in [1.165, 1.54) is 0 Å². The highest BCUT2D eigenvalue weighted by molar-refractivity contribution is 5.73. The van der Waals surface area contributed by atoms with E-state index >= 15 is 0 Å². The zero-order valence-electron chi connectivity index (χ0n) is 14.6. The molecule has 0 bridgehead atoms. The fraction of sp³-hybridized carbons (Fsp3) is 0.300. The van der Waals surface area contributed by atoms with E-state index in [-0.39, 0.29) is 13.2 Å². The second-order valence-corrected chi connectivity index (χ2v) is 5.62. The van der Waals surface area contributed by atoms with Crippen LogP contribution >= 0.6 is 0 Å². The maximum absolute atomic E-state index is 9.51. The first-order chi connectivity index (χ1) is 11.5. The van der Waals surface area contributed by atoms with Gasteiger partial charge in [-0.05, 0) is 59.9 Å². The molecule has 2 aromatic carbocycles. The Balaban J connectivity index is 2.41. The Morgan fingerprint density at radius 3 is 2.17 bits per heavy atom. The SMILES string of the molecule is COc1ccc(/C=C\c2cc(CO)c(CO)c(OC)c2)c(C)c1C. The number of ether oxygens (including phenoxy) is 2. The van der Waals surface area contributed by atoms with Crippen LogP contribution in [0.25, 0.3) is 12.2 Å². The maximum Gasteiger partial charge on any atom is 0.125 e. The topological polar surface area (TPSA) is 58.9 Å². The molecule has 0 spiro atoms. The van der Waals surface area contributed by atoms with Crippen LogP contribution in [0.4, 0.5) is 0 Å². The summed E-state index contributed by atoms with van der Waals surface area (Å²) < 4.78 is 10.7. The van der Waals surface area contributed by atoms with Crippen molar-refractivity contribution in [3.63, 3.8) is 0 Å². The molecule has 0 saturated heterocycles. The van der Waals surface area contributed by atoms with E-state index in [1.54, 1.807) is 14.2 Å². The van der Waals surface area contributed by atoms with Gasteiger partial charge in [0.25, 0.3) is 0 Å². The van der Waals surface area contributed by atoms with Crippen LogP contribution in [0, 0.1) is 13.8 Å². The van der Waals surface area contributed by atoms with Crippen LogP contribution in [-0.2, 0) is 13.2 Å². The van der Waals surface area contributed by atoms with Gasteiger partial charge in [-0.25, -0.2) is 0 Å². The molecule has 0 aliphatic heterocycles. The molecule has 0 fully saturated rings. The summed E-state index contributed by atoms with van der Waals surface area (Å²) in [6.07, 6.45) is 3.99. The molecule has 0 aliphatic rings. The van der Waals surface area contributed by atoms with Crippen molar-refractivity contribution in [1.82, 2.24) is 0 Å². The summed E-state index contributed by atoms with van der Waals surface area (Å²) >= 11 is 0. The van der Waals surface area contributed by atoms with E-state index in [0.717, 1.165) is 28.0 Å². The molecule has 0 atom stereocenters. The minimum absolute atomic E-state index is 0.144. The molecule has 24 heavy (non-hydrogen) atoms. The van der Waals surface area contributed by atoms with Gasteiger partial charge in [0.1, 0.15) is 11.5 Å². The summed E-state index contributed by atoms with van der Waals surface area (Å²) in [6, 6.07) is 7.68. The molecule has 0 aromatic heterocycles. The maximum atomic E-state index is 9.51. The van der Waals surface area contributed by atoms with Crippen molar-refractivity contribution < 1.29 is 19.7 Å². The van der Waals surface area contributed by atoms with Gasteiger partial charge in [-0.15, -0.1) is 0 Å². The van der Waals surface area contributed by atoms with Crippen molar-refractivity contribution in [3.05, 3.63) is 57.6 Å². The van der Waals surface area contributed by atoms with Gasteiger partial charge < -0.3 is 19.7 Å². The predicted molar refractivity (Wildman–Crippen MR) is 96.2 cm³/mol. The molecule has 128 valence electrons. The van der Waals surface area contributed by atoms with Gasteiger partial charge in [0, 0.05) is 5.56 Å². The first-order valence-corrected chi connectivity index (χ1v) is 7.79. The van der Waals surface area contributed by atoms with Crippen molar-refractivity contribution >= 4 is 12.2 Å². The third kappa shape index (κ3) is 3.61. The Morgan fingerprint density at radius 1 is 0.875 bits per heavy atom. The number of benzene rings is 2. The number of rotatable bonds is 6. The number of aliphatic hydroxyl groups excluding tert-OH is 2. The molecule has 2 aromatic rings. The Bertz CT molecular complexity index is 723. The molecule has 0 unspecified atom stereocenters. The van der Waals surface area contributed by atoms with Gasteiger partial charge in [0.2, 0.25) is 0 Å². The first kappa shape index (κ1) is 18.0. The Labute approximate surface area is 143 Å². The quantitative estimate of drug-likeness (QED) is 0.797. The van der Waals surface area contributed by atoms with Gasteiger partial charge >= 0.3 is 0 Å². The average Bonchev–Trinajstić information content (AvgIpc) is 2.61. The standard InChI is InChI=1S/C20H24O4/c1-13-14(2)19(23-3)8-7-16(13)6-5-15-9-17(11-21)18(12-22)20(10-15)24-4/h5-10,21-22H,11-12H2,1-4H3/b6-5-. The molecule has 0 radical (unpaired) electrons. The highest BCUT2D eigenvalue weighted by atomic mass is 16.5. The lowest BCUT2D eigenvalue weighted by atomic mass is 9.99. The van der Waals surface area contributed by atoms with Crippen LogP contribution in [-0.4, -0.2) is 24.4 Å². The lowest BCUT2D eigenvalue weighted by Crippen LogP contribution is -1.99. The van der Waals surface area contributed by atoms with E-state index in [4.69, 9.17) is 9.47 Å². The summed E-state index contributed by atoms with van der Waals surface area (Å²) in [4.78, 5) is 0. The average molecular weight is 328 g/mol. The normalized spacial score (nSPS) is 11.1. The number of aliphatic hydroxyl groups is 2. The van der Waals surface area contributed by atoms with E-state index < -0.39 is 0 Å². The van der Waals surface area contributed by atoms with Crippen LogP contribution < -0.4 is 9.47 Å². The van der Waals surface area contributed by atoms with Gasteiger partial charge in [-0.2, -0.15) is 0 Å². The summed E-state index contributed by atoms with van der Waals surface area (Å²) in [6.45, 7) is 3.79. The van der Waals surface area contributed by atoms with Crippen molar-refractivity contribution in [1.29, 1.82) is 0 Å². The van der Waals surface area contributed by atoms with Gasteiger partial charge in [0.05, 0.1) is 27.4 Å². The smallest absolute Gasteiger partial charge is 0.125 e. The van der Waals surface area contributed by atoms with Crippen LogP contribution in [0.3, 0.4) is 0 Å². The van der Waals surface area contributed by atoms with Crippen LogP contribution in [0.1, 0.15) is 33.4 Å². The molecule has 0 saturated carbocycles. The van der Waals surface area contributed by atoms with Crippen molar-refractivity contribution in [2.75, 3.05) is 14.2 Å². The summed E-state index contributed by atoms with van der Waals surface area (Å²) in [5.41, 5.74) is 5.56. The number of hydrogen-bond acceptors (Lipinski definition) is 4. The molecule has 0 amide bonds. The lowest BCUT2D eigenvalue weighted by molar-refractivity contribution is 0.254. The Kier molecular flexibility index (Phi) is 6.01. The molecular formula is C20H24O4. The van der Waals surface area contributed by atoms with Crippen LogP contribution in [0.2, 0.25) is 0 Å². The zero-order chi connectivity index (χ0) is 17.7. The Hall–Kier alpha value is -2.30. The second-order valence-electron chi connectivity index (χ2n) is 5.62. The minimum Gasteiger partial charge on any atom is -0.496 e. The third-order valence-corrected chi connectivity index (χ3v) is 4.33. The van der Waals surface area contributed by atoms with Crippen molar-refractivity contribution in [2.45, 2.75) is 27.1 Å². The van der Waals surface area contributed by atoms with Gasteiger partial charge in [0.15, 0.2) is 0 Å². The first-order valence-electron chi connectivity index (χ1n) is 7.79. The minimum atomic E-state index is -0.167. The molecule has 0 aliphatic carbocycles. The van der Waals surface area contributed by atoms with Gasteiger partial charge in [-0.3, -0.25) is 0 Å². The highest BCUT2D eigenvalue weighted by Crippen LogP contribution is 2.28. The lowest BCUT2D eigenvalue weighted by Gasteiger charge is -2.12. The molecule has 2 rings (SSSR count). The number of methoxy groups -OCH3 is 2. The number of hydrogen-bond donors (Lipinski definition) is 2. The third-order valence-electron chi connectivity index (χ3n) is 4.33. The fourth-order valence-electron chi connectivity index (χ4n) is 2.73. The Morgan fingerprint density at radius 2 is 1.58 bits per heavy atom.